The summed E-state index contributed by atoms with van der Waals surface area (Å²) in [5, 5.41) is 0. The van der Waals surface area contributed by atoms with Crippen molar-refractivity contribution in [3.05, 3.63) is 29.3 Å². The molecule has 0 amide bonds. The molecular formula is C11H12O2. The highest BCUT2D eigenvalue weighted by Gasteiger charge is 2.13. The molecule has 0 aliphatic carbocycles. The van der Waals surface area contributed by atoms with E-state index in [4.69, 9.17) is 9.47 Å². The molecule has 1 heterocycles. The van der Waals surface area contributed by atoms with Gasteiger partial charge in [-0.25, -0.2) is 0 Å². The normalized spacial score (nSPS) is 13.4. The van der Waals surface area contributed by atoms with E-state index >= 15 is 0 Å². The molecule has 0 N–H and O–H groups in total. The van der Waals surface area contributed by atoms with Crippen LogP contribution in [0.4, 0.5) is 0 Å². The van der Waals surface area contributed by atoms with Crippen LogP contribution in [-0.2, 0) is 0 Å². The topological polar surface area (TPSA) is 18.5 Å². The summed E-state index contributed by atoms with van der Waals surface area (Å²) >= 11 is 0. The van der Waals surface area contributed by atoms with E-state index in [2.05, 4.69) is 13.0 Å². The SMILES string of the molecule is COc1ccc(C)c2c1OCC=C2. The van der Waals surface area contributed by atoms with E-state index in [1.54, 1.807) is 7.11 Å². The Morgan fingerprint density at radius 3 is 3.00 bits per heavy atom. The van der Waals surface area contributed by atoms with Gasteiger partial charge < -0.3 is 9.47 Å². The highest BCUT2D eigenvalue weighted by Crippen LogP contribution is 2.35. The summed E-state index contributed by atoms with van der Waals surface area (Å²) < 4.78 is 10.7. The average molecular weight is 176 g/mol. The summed E-state index contributed by atoms with van der Waals surface area (Å²) in [5.74, 6) is 1.68. The summed E-state index contributed by atoms with van der Waals surface area (Å²) in [7, 11) is 1.66. The van der Waals surface area contributed by atoms with Gasteiger partial charge in [-0.3, -0.25) is 0 Å². The summed E-state index contributed by atoms with van der Waals surface area (Å²) in [6, 6.07) is 3.98. The molecule has 0 fully saturated rings. The van der Waals surface area contributed by atoms with Crippen molar-refractivity contribution in [2.75, 3.05) is 13.7 Å². The molecule has 0 saturated carbocycles. The minimum absolute atomic E-state index is 0.632. The minimum Gasteiger partial charge on any atom is -0.493 e. The Labute approximate surface area is 77.8 Å². The number of rotatable bonds is 1. The lowest BCUT2D eigenvalue weighted by molar-refractivity contribution is 0.322. The summed E-state index contributed by atoms with van der Waals surface area (Å²) in [4.78, 5) is 0. The molecule has 2 nitrogen and oxygen atoms in total. The van der Waals surface area contributed by atoms with Crippen molar-refractivity contribution in [2.24, 2.45) is 0 Å². The lowest BCUT2D eigenvalue weighted by Gasteiger charge is -2.17. The third-order valence-electron chi connectivity index (χ3n) is 2.21. The second kappa shape index (κ2) is 3.13. The Morgan fingerprint density at radius 1 is 1.38 bits per heavy atom. The Balaban J connectivity index is 2.61. The molecule has 0 unspecified atom stereocenters. The van der Waals surface area contributed by atoms with Crippen LogP contribution in [0.3, 0.4) is 0 Å². The standard InChI is InChI=1S/C11H12O2/c1-8-5-6-10(12-2)11-9(8)4-3-7-13-11/h3-6H,7H2,1-2H3. The largest absolute Gasteiger partial charge is 0.493 e. The van der Waals surface area contributed by atoms with Crippen LogP contribution in [0.1, 0.15) is 11.1 Å². The van der Waals surface area contributed by atoms with Crippen LogP contribution in [-0.4, -0.2) is 13.7 Å². The first-order valence-corrected chi connectivity index (χ1v) is 4.30. The monoisotopic (exact) mass is 176 g/mol. The van der Waals surface area contributed by atoms with E-state index in [1.807, 2.05) is 18.2 Å². The van der Waals surface area contributed by atoms with Crippen LogP contribution in [0, 0.1) is 6.92 Å². The third-order valence-corrected chi connectivity index (χ3v) is 2.21. The quantitative estimate of drug-likeness (QED) is 0.654. The molecule has 0 atom stereocenters. The zero-order chi connectivity index (χ0) is 9.26. The van der Waals surface area contributed by atoms with Crippen molar-refractivity contribution in [1.29, 1.82) is 0 Å². The lowest BCUT2D eigenvalue weighted by atomic mass is 10.1. The Kier molecular flexibility index (Phi) is 1.97. The molecule has 13 heavy (non-hydrogen) atoms. The van der Waals surface area contributed by atoms with Gasteiger partial charge in [0, 0.05) is 5.56 Å². The number of hydrogen-bond acceptors (Lipinski definition) is 2. The summed E-state index contributed by atoms with van der Waals surface area (Å²) in [6.45, 7) is 2.70. The molecule has 0 bridgehead atoms. The fourth-order valence-corrected chi connectivity index (χ4v) is 1.49. The van der Waals surface area contributed by atoms with Crippen LogP contribution in [0.15, 0.2) is 18.2 Å². The zero-order valence-corrected chi connectivity index (χ0v) is 7.83. The van der Waals surface area contributed by atoms with Crippen molar-refractivity contribution >= 4 is 6.08 Å². The van der Waals surface area contributed by atoms with Gasteiger partial charge >= 0.3 is 0 Å². The molecule has 0 saturated heterocycles. The smallest absolute Gasteiger partial charge is 0.169 e. The van der Waals surface area contributed by atoms with Crippen LogP contribution in [0.25, 0.3) is 6.08 Å². The zero-order valence-electron chi connectivity index (χ0n) is 7.83. The highest BCUT2D eigenvalue weighted by atomic mass is 16.5. The number of benzene rings is 1. The molecule has 1 aliphatic rings. The minimum atomic E-state index is 0.632. The number of fused-ring (bicyclic) bond motifs is 1. The number of hydrogen-bond donors (Lipinski definition) is 0. The van der Waals surface area contributed by atoms with E-state index in [1.165, 1.54) is 5.56 Å². The molecule has 0 spiro atoms. The molecule has 1 aromatic carbocycles. The van der Waals surface area contributed by atoms with Crippen LogP contribution < -0.4 is 9.47 Å². The van der Waals surface area contributed by atoms with Crippen LogP contribution in [0.2, 0.25) is 0 Å². The van der Waals surface area contributed by atoms with Gasteiger partial charge in [-0.2, -0.15) is 0 Å². The molecule has 68 valence electrons. The van der Waals surface area contributed by atoms with Crippen LogP contribution >= 0.6 is 0 Å². The maximum Gasteiger partial charge on any atom is 0.169 e. The van der Waals surface area contributed by atoms with E-state index in [9.17, 15) is 0 Å². The van der Waals surface area contributed by atoms with Crippen molar-refractivity contribution < 1.29 is 9.47 Å². The lowest BCUT2D eigenvalue weighted by Crippen LogP contribution is -2.03. The van der Waals surface area contributed by atoms with Crippen molar-refractivity contribution in [3.63, 3.8) is 0 Å². The molecule has 2 heteroatoms. The maximum absolute atomic E-state index is 5.51. The van der Waals surface area contributed by atoms with E-state index in [0.29, 0.717) is 6.61 Å². The van der Waals surface area contributed by atoms with E-state index < -0.39 is 0 Å². The molecular weight excluding hydrogens is 164 g/mol. The first-order valence-electron chi connectivity index (χ1n) is 4.30. The Bertz CT molecular complexity index is 353. The van der Waals surface area contributed by atoms with Crippen molar-refractivity contribution in [3.8, 4) is 11.5 Å². The Hall–Kier alpha value is -1.44. The van der Waals surface area contributed by atoms with Gasteiger partial charge in [-0.1, -0.05) is 12.1 Å². The second-order valence-corrected chi connectivity index (χ2v) is 3.04. The van der Waals surface area contributed by atoms with Gasteiger partial charge in [-0.15, -0.1) is 0 Å². The predicted molar refractivity (Wildman–Crippen MR) is 52.3 cm³/mol. The second-order valence-electron chi connectivity index (χ2n) is 3.04. The van der Waals surface area contributed by atoms with Crippen molar-refractivity contribution in [2.45, 2.75) is 6.92 Å². The van der Waals surface area contributed by atoms with Gasteiger partial charge in [-0.05, 0) is 24.6 Å². The van der Waals surface area contributed by atoms with Crippen LogP contribution in [0.5, 0.6) is 11.5 Å². The predicted octanol–water partition coefficient (Wildman–Crippen LogP) is 2.41. The molecule has 1 aliphatic heterocycles. The van der Waals surface area contributed by atoms with E-state index in [-0.39, 0.29) is 0 Å². The molecule has 1 aromatic rings. The van der Waals surface area contributed by atoms with Crippen molar-refractivity contribution in [1.82, 2.24) is 0 Å². The number of aryl methyl sites for hydroxylation is 1. The van der Waals surface area contributed by atoms with E-state index in [0.717, 1.165) is 17.1 Å². The van der Waals surface area contributed by atoms with Gasteiger partial charge in [0.15, 0.2) is 11.5 Å². The van der Waals surface area contributed by atoms with Gasteiger partial charge in [0.05, 0.1) is 7.11 Å². The maximum atomic E-state index is 5.51. The summed E-state index contributed by atoms with van der Waals surface area (Å²) in [6.07, 6.45) is 4.09. The first-order chi connectivity index (χ1) is 6.33. The summed E-state index contributed by atoms with van der Waals surface area (Å²) in [5.41, 5.74) is 2.34. The fourth-order valence-electron chi connectivity index (χ4n) is 1.49. The number of methoxy groups -OCH3 is 1. The molecule has 0 aromatic heterocycles. The van der Waals surface area contributed by atoms with Gasteiger partial charge in [0.25, 0.3) is 0 Å². The first kappa shape index (κ1) is 8.17. The third kappa shape index (κ3) is 1.28. The highest BCUT2D eigenvalue weighted by molar-refractivity contribution is 5.67. The number of ether oxygens (including phenoxy) is 2. The van der Waals surface area contributed by atoms with Gasteiger partial charge in [0.2, 0.25) is 0 Å². The molecule has 2 rings (SSSR count). The molecule has 0 radical (unpaired) electrons. The fraction of sp³-hybridized carbons (Fsp3) is 0.273. The average Bonchev–Trinajstić information content (AvgIpc) is 2.19. The van der Waals surface area contributed by atoms with Gasteiger partial charge in [0.1, 0.15) is 6.61 Å². The Morgan fingerprint density at radius 2 is 2.23 bits per heavy atom.